The molecule has 118 valence electrons. The first-order valence-electron chi connectivity index (χ1n) is 6.74. The maximum atomic E-state index is 12.1. The highest BCUT2D eigenvalue weighted by atomic mass is 16.6. The summed E-state index contributed by atoms with van der Waals surface area (Å²) >= 11 is 0. The Kier molecular flexibility index (Phi) is 5.09. The van der Waals surface area contributed by atoms with E-state index in [2.05, 4.69) is 0 Å². The van der Waals surface area contributed by atoms with E-state index < -0.39 is 4.92 Å². The molecule has 0 atom stereocenters. The van der Waals surface area contributed by atoms with Gasteiger partial charge in [0.15, 0.2) is 5.78 Å². The second-order valence-corrected chi connectivity index (χ2v) is 4.61. The molecular formula is C17H15NO5. The molecule has 2 aromatic rings. The van der Waals surface area contributed by atoms with Crippen LogP contribution in [0, 0.1) is 10.1 Å². The minimum Gasteiger partial charge on any atom is -0.497 e. The largest absolute Gasteiger partial charge is 0.497 e. The Morgan fingerprint density at radius 1 is 1.09 bits per heavy atom. The van der Waals surface area contributed by atoms with Gasteiger partial charge in [-0.3, -0.25) is 14.9 Å². The summed E-state index contributed by atoms with van der Waals surface area (Å²) in [4.78, 5) is 22.2. The van der Waals surface area contributed by atoms with Crippen molar-refractivity contribution in [2.75, 3.05) is 14.2 Å². The number of nitrogens with zero attached hydrogens (tertiary/aromatic N) is 1. The molecule has 0 unspecified atom stereocenters. The van der Waals surface area contributed by atoms with Crippen LogP contribution in [0.3, 0.4) is 0 Å². The van der Waals surface area contributed by atoms with Gasteiger partial charge in [0.05, 0.1) is 19.1 Å². The predicted octanol–water partition coefficient (Wildman–Crippen LogP) is 3.51. The van der Waals surface area contributed by atoms with E-state index in [4.69, 9.17) is 9.47 Å². The van der Waals surface area contributed by atoms with Gasteiger partial charge < -0.3 is 9.47 Å². The monoisotopic (exact) mass is 313 g/mol. The minimum atomic E-state index is -0.509. The van der Waals surface area contributed by atoms with Crippen molar-refractivity contribution in [2.45, 2.75) is 0 Å². The third-order valence-corrected chi connectivity index (χ3v) is 3.21. The Bertz CT molecular complexity index is 750. The Morgan fingerprint density at radius 2 is 1.78 bits per heavy atom. The first-order valence-corrected chi connectivity index (χ1v) is 6.74. The first kappa shape index (κ1) is 16.2. The van der Waals surface area contributed by atoms with Crippen LogP contribution in [0.5, 0.6) is 11.5 Å². The Morgan fingerprint density at radius 3 is 2.35 bits per heavy atom. The number of non-ortho nitro benzene ring substituents is 1. The predicted molar refractivity (Wildman–Crippen MR) is 86.0 cm³/mol. The maximum Gasteiger partial charge on any atom is 0.269 e. The number of hydrogen-bond acceptors (Lipinski definition) is 5. The molecule has 0 saturated carbocycles. The van der Waals surface area contributed by atoms with E-state index in [9.17, 15) is 14.9 Å². The second kappa shape index (κ2) is 7.22. The van der Waals surface area contributed by atoms with Crippen LogP contribution >= 0.6 is 0 Å². The maximum absolute atomic E-state index is 12.1. The van der Waals surface area contributed by atoms with Crippen LogP contribution < -0.4 is 9.47 Å². The summed E-state index contributed by atoms with van der Waals surface area (Å²) in [6, 6.07) is 10.7. The zero-order valence-electron chi connectivity index (χ0n) is 12.7. The molecule has 0 saturated heterocycles. The highest BCUT2D eigenvalue weighted by molar-refractivity contribution is 6.07. The van der Waals surface area contributed by atoms with Gasteiger partial charge in [-0.05, 0) is 42.5 Å². The number of rotatable bonds is 6. The number of nitro groups is 1. The van der Waals surface area contributed by atoms with E-state index in [-0.39, 0.29) is 11.5 Å². The third-order valence-electron chi connectivity index (χ3n) is 3.21. The van der Waals surface area contributed by atoms with Crippen LogP contribution in [-0.2, 0) is 0 Å². The zero-order chi connectivity index (χ0) is 16.8. The van der Waals surface area contributed by atoms with Gasteiger partial charge in [-0.1, -0.05) is 0 Å². The molecule has 0 aromatic heterocycles. The molecule has 0 spiro atoms. The number of benzene rings is 2. The quantitative estimate of drug-likeness (QED) is 0.353. The average molecular weight is 313 g/mol. The minimum absolute atomic E-state index is 0.0556. The number of carbonyl (C=O) groups is 1. The van der Waals surface area contributed by atoms with Gasteiger partial charge in [0.1, 0.15) is 11.5 Å². The van der Waals surface area contributed by atoms with Gasteiger partial charge in [0.25, 0.3) is 5.69 Å². The number of hydrogen-bond donors (Lipinski definition) is 0. The van der Waals surface area contributed by atoms with Crippen LogP contribution in [-0.4, -0.2) is 24.9 Å². The number of ether oxygens (including phenoxy) is 2. The molecule has 6 nitrogen and oxygen atoms in total. The number of ketones is 1. The van der Waals surface area contributed by atoms with Gasteiger partial charge in [0.2, 0.25) is 0 Å². The van der Waals surface area contributed by atoms with Crippen molar-refractivity contribution >= 4 is 17.5 Å². The van der Waals surface area contributed by atoms with Gasteiger partial charge in [-0.2, -0.15) is 0 Å². The Balaban J connectivity index is 2.22. The lowest BCUT2D eigenvalue weighted by Gasteiger charge is -2.07. The molecule has 0 amide bonds. The van der Waals surface area contributed by atoms with Crippen molar-refractivity contribution in [2.24, 2.45) is 0 Å². The second-order valence-electron chi connectivity index (χ2n) is 4.61. The van der Waals surface area contributed by atoms with Gasteiger partial charge in [0, 0.05) is 23.3 Å². The number of methoxy groups -OCH3 is 2. The summed E-state index contributed by atoms with van der Waals surface area (Å²) in [7, 11) is 3.09. The summed E-state index contributed by atoms with van der Waals surface area (Å²) < 4.78 is 10.4. The molecule has 0 radical (unpaired) electrons. The van der Waals surface area contributed by atoms with Gasteiger partial charge >= 0.3 is 0 Å². The van der Waals surface area contributed by atoms with Crippen LogP contribution in [0.2, 0.25) is 0 Å². The van der Waals surface area contributed by atoms with E-state index in [1.807, 2.05) is 0 Å². The highest BCUT2D eigenvalue weighted by Gasteiger charge is 2.08. The normalized spacial score (nSPS) is 10.5. The van der Waals surface area contributed by atoms with Crippen LogP contribution in [0.15, 0.2) is 48.5 Å². The molecule has 23 heavy (non-hydrogen) atoms. The summed E-state index contributed by atoms with van der Waals surface area (Å²) in [5.74, 6) is 0.997. The fourth-order valence-corrected chi connectivity index (χ4v) is 1.98. The summed E-state index contributed by atoms with van der Waals surface area (Å²) in [5.41, 5.74) is 1.01. The zero-order valence-corrected chi connectivity index (χ0v) is 12.7. The van der Waals surface area contributed by atoms with Gasteiger partial charge in [-0.15, -0.1) is 0 Å². The van der Waals surface area contributed by atoms with Crippen molar-refractivity contribution in [3.63, 3.8) is 0 Å². The third kappa shape index (κ3) is 3.94. The number of carbonyl (C=O) groups excluding carboxylic acids is 1. The summed E-state index contributed by atoms with van der Waals surface area (Å²) in [5, 5.41) is 10.6. The Hall–Kier alpha value is -3.15. The fraction of sp³-hybridized carbons (Fsp3) is 0.118. The van der Waals surface area contributed by atoms with E-state index in [1.54, 1.807) is 31.4 Å². The van der Waals surface area contributed by atoms with Crippen LogP contribution in [0.4, 0.5) is 5.69 Å². The van der Waals surface area contributed by atoms with Gasteiger partial charge in [-0.25, -0.2) is 0 Å². The van der Waals surface area contributed by atoms with Crippen LogP contribution in [0.25, 0.3) is 6.08 Å². The fourth-order valence-electron chi connectivity index (χ4n) is 1.98. The molecule has 0 aliphatic carbocycles. The molecule has 0 aliphatic rings. The average Bonchev–Trinajstić information content (AvgIpc) is 2.59. The summed E-state index contributed by atoms with van der Waals surface area (Å²) in [6.45, 7) is 0. The lowest BCUT2D eigenvalue weighted by Crippen LogP contribution is -1.95. The lowest BCUT2D eigenvalue weighted by atomic mass is 10.1. The smallest absolute Gasteiger partial charge is 0.269 e. The number of allylic oxidation sites excluding steroid dienone is 1. The molecule has 6 heteroatoms. The molecule has 2 rings (SSSR count). The number of nitro benzene ring substituents is 1. The van der Waals surface area contributed by atoms with E-state index >= 15 is 0 Å². The van der Waals surface area contributed by atoms with Crippen molar-refractivity contribution in [1.29, 1.82) is 0 Å². The SMILES string of the molecule is COc1ccc(OC)c(/C=C/C(=O)c2ccc([N+](=O)[O-])cc2)c1. The van der Waals surface area contributed by atoms with Crippen LogP contribution in [0.1, 0.15) is 15.9 Å². The molecule has 2 aromatic carbocycles. The molecule has 0 N–H and O–H groups in total. The van der Waals surface area contributed by atoms with Crippen molar-refractivity contribution < 1.29 is 19.2 Å². The summed E-state index contributed by atoms with van der Waals surface area (Å²) in [6.07, 6.45) is 3.00. The van der Waals surface area contributed by atoms with Crippen molar-refractivity contribution in [3.05, 3.63) is 69.8 Å². The lowest BCUT2D eigenvalue weighted by molar-refractivity contribution is -0.384. The van der Waals surface area contributed by atoms with Crippen molar-refractivity contribution in [3.8, 4) is 11.5 Å². The van der Waals surface area contributed by atoms with E-state index in [0.717, 1.165) is 0 Å². The highest BCUT2D eigenvalue weighted by Crippen LogP contribution is 2.25. The van der Waals surface area contributed by atoms with E-state index in [0.29, 0.717) is 22.6 Å². The van der Waals surface area contributed by atoms with Crippen molar-refractivity contribution in [1.82, 2.24) is 0 Å². The molecular weight excluding hydrogens is 298 g/mol. The molecule has 0 heterocycles. The molecule has 0 fully saturated rings. The Labute approximate surface area is 133 Å². The standard InChI is InChI=1S/C17H15NO5/c1-22-15-8-10-17(23-2)13(11-15)5-9-16(19)12-3-6-14(7-4-12)18(20)21/h3-11H,1-2H3/b9-5+. The first-order chi connectivity index (χ1) is 11.0. The molecule has 0 bridgehead atoms. The topological polar surface area (TPSA) is 78.7 Å². The molecule has 0 aliphatic heterocycles. The van der Waals surface area contributed by atoms with E-state index in [1.165, 1.54) is 37.5 Å².